The number of nitro groups is 1. The molecule has 1 N–H and O–H groups in total. The molecule has 0 atom stereocenters. The molecule has 0 amide bonds. The van der Waals surface area contributed by atoms with Crippen molar-refractivity contribution >= 4 is 22.6 Å². The number of esters is 1. The number of nitro benzene ring substituents is 1. The predicted molar refractivity (Wildman–Crippen MR) is 98.0 cm³/mol. The number of hydrogen-bond donors (Lipinski definition) is 1. The number of aromatic nitrogens is 1. The summed E-state index contributed by atoms with van der Waals surface area (Å²) in [7, 11) is 0. The standard InChI is InChI=1S/C19H16N2O6/c22-18-10-3-13-12-16(8-9-17(13)20-18)26-11-1-2-19(23)27-15-6-4-14(5-7-15)21(24)25/h3-10,12H,1-2,11H2,(H,20,22). The molecule has 2 aromatic carbocycles. The molecule has 8 nitrogen and oxygen atoms in total. The lowest BCUT2D eigenvalue weighted by Crippen LogP contribution is -2.10. The second-order valence-corrected chi connectivity index (χ2v) is 5.75. The Morgan fingerprint density at radius 2 is 1.78 bits per heavy atom. The van der Waals surface area contributed by atoms with Gasteiger partial charge in [0.1, 0.15) is 11.5 Å². The maximum atomic E-state index is 11.8. The van der Waals surface area contributed by atoms with Crippen molar-refractivity contribution in [1.29, 1.82) is 0 Å². The Labute approximate surface area is 153 Å². The largest absolute Gasteiger partial charge is 0.494 e. The van der Waals surface area contributed by atoms with Crippen LogP contribution >= 0.6 is 0 Å². The quantitative estimate of drug-likeness (QED) is 0.225. The lowest BCUT2D eigenvalue weighted by atomic mass is 10.2. The minimum Gasteiger partial charge on any atom is -0.494 e. The van der Waals surface area contributed by atoms with Gasteiger partial charge in [0.25, 0.3) is 5.69 Å². The van der Waals surface area contributed by atoms with Gasteiger partial charge >= 0.3 is 5.97 Å². The van der Waals surface area contributed by atoms with E-state index in [9.17, 15) is 19.7 Å². The highest BCUT2D eigenvalue weighted by Crippen LogP contribution is 2.19. The molecule has 1 aromatic heterocycles. The zero-order valence-electron chi connectivity index (χ0n) is 14.2. The van der Waals surface area contributed by atoms with Crippen LogP contribution in [0.25, 0.3) is 10.9 Å². The number of non-ortho nitro benzene ring substituents is 1. The zero-order chi connectivity index (χ0) is 19.2. The molecule has 0 aliphatic heterocycles. The molecule has 1 heterocycles. The number of rotatable bonds is 7. The Kier molecular flexibility index (Phi) is 5.46. The number of pyridine rings is 1. The molecule has 0 aliphatic rings. The van der Waals surface area contributed by atoms with Crippen molar-refractivity contribution in [2.75, 3.05) is 6.61 Å². The number of nitrogens with zero attached hydrogens (tertiary/aromatic N) is 1. The number of fused-ring (bicyclic) bond motifs is 1. The van der Waals surface area contributed by atoms with Crippen LogP contribution in [0.4, 0.5) is 5.69 Å². The van der Waals surface area contributed by atoms with Crippen LogP contribution in [0.1, 0.15) is 12.8 Å². The number of hydrogen-bond acceptors (Lipinski definition) is 6. The first-order chi connectivity index (χ1) is 13.0. The van der Waals surface area contributed by atoms with Gasteiger partial charge in [-0.1, -0.05) is 0 Å². The third kappa shape index (κ3) is 4.91. The number of benzene rings is 2. The Balaban J connectivity index is 1.45. The van der Waals surface area contributed by atoms with Crippen LogP contribution in [0.15, 0.2) is 59.4 Å². The van der Waals surface area contributed by atoms with Crippen molar-refractivity contribution in [3.8, 4) is 11.5 Å². The summed E-state index contributed by atoms with van der Waals surface area (Å²) in [5, 5.41) is 11.4. The summed E-state index contributed by atoms with van der Waals surface area (Å²) in [6.07, 6.45) is 0.605. The maximum absolute atomic E-state index is 11.8. The van der Waals surface area contributed by atoms with E-state index >= 15 is 0 Å². The highest BCUT2D eigenvalue weighted by molar-refractivity contribution is 5.79. The van der Waals surface area contributed by atoms with Gasteiger partial charge in [-0.15, -0.1) is 0 Å². The summed E-state index contributed by atoms with van der Waals surface area (Å²) < 4.78 is 10.7. The third-order valence-electron chi connectivity index (χ3n) is 3.77. The monoisotopic (exact) mass is 368 g/mol. The first kappa shape index (κ1) is 18.1. The Hall–Kier alpha value is -3.68. The molecule has 27 heavy (non-hydrogen) atoms. The molecule has 0 spiro atoms. The summed E-state index contributed by atoms with van der Waals surface area (Å²) in [6, 6.07) is 13.8. The van der Waals surface area contributed by atoms with E-state index in [4.69, 9.17) is 9.47 Å². The summed E-state index contributed by atoms with van der Waals surface area (Å²) in [6.45, 7) is 0.324. The van der Waals surface area contributed by atoms with E-state index in [1.165, 1.54) is 30.3 Å². The van der Waals surface area contributed by atoms with Crippen molar-refractivity contribution in [3.05, 3.63) is 75.1 Å². The van der Waals surface area contributed by atoms with Crippen LogP contribution in [0.3, 0.4) is 0 Å². The number of carbonyl (C=O) groups is 1. The van der Waals surface area contributed by atoms with Gasteiger partial charge in [-0.25, -0.2) is 0 Å². The number of nitrogens with one attached hydrogen (secondary N) is 1. The van der Waals surface area contributed by atoms with E-state index in [2.05, 4.69) is 4.98 Å². The van der Waals surface area contributed by atoms with E-state index < -0.39 is 10.9 Å². The van der Waals surface area contributed by atoms with Gasteiger partial charge in [0.05, 0.1) is 11.5 Å². The smallest absolute Gasteiger partial charge is 0.311 e. The molecule has 0 radical (unpaired) electrons. The van der Waals surface area contributed by atoms with Gasteiger partial charge in [0.2, 0.25) is 5.56 Å². The Morgan fingerprint density at radius 3 is 2.52 bits per heavy atom. The molecule has 0 unspecified atom stereocenters. The summed E-state index contributed by atoms with van der Waals surface area (Å²) in [4.78, 5) is 35.8. The fraction of sp³-hybridized carbons (Fsp3) is 0.158. The minimum atomic E-state index is -0.520. The zero-order valence-corrected chi connectivity index (χ0v) is 14.2. The minimum absolute atomic E-state index is 0.0670. The van der Waals surface area contributed by atoms with Gasteiger partial charge in [-0.3, -0.25) is 19.7 Å². The van der Waals surface area contributed by atoms with Gasteiger partial charge in [-0.05, 0) is 42.8 Å². The fourth-order valence-electron chi connectivity index (χ4n) is 2.45. The predicted octanol–water partition coefficient (Wildman–Crippen LogP) is 3.20. The van der Waals surface area contributed by atoms with E-state index in [-0.39, 0.29) is 23.4 Å². The molecule has 0 fully saturated rings. The van der Waals surface area contributed by atoms with E-state index in [1.54, 1.807) is 24.3 Å². The first-order valence-corrected chi connectivity index (χ1v) is 8.22. The molecule has 138 valence electrons. The average molecular weight is 368 g/mol. The van der Waals surface area contributed by atoms with Crippen LogP contribution in [0, 0.1) is 10.1 Å². The molecule has 0 saturated carbocycles. The number of H-pyrrole nitrogens is 1. The molecule has 3 rings (SSSR count). The summed E-state index contributed by atoms with van der Waals surface area (Å²) in [5.41, 5.74) is 0.492. The van der Waals surface area contributed by atoms with Crippen molar-refractivity contribution in [2.45, 2.75) is 12.8 Å². The van der Waals surface area contributed by atoms with E-state index in [0.29, 0.717) is 18.8 Å². The van der Waals surface area contributed by atoms with E-state index in [1.807, 2.05) is 0 Å². The number of carbonyl (C=O) groups excluding carboxylic acids is 1. The highest BCUT2D eigenvalue weighted by Gasteiger charge is 2.08. The number of ether oxygens (including phenoxy) is 2. The molecule has 3 aromatic rings. The topological polar surface area (TPSA) is 112 Å². The lowest BCUT2D eigenvalue weighted by molar-refractivity contribution is -0.384. The normalized spacial score (nSPS) is 10.5. The second-order valence-electron chi connectivity index (χ2n) is 5.75. The van der Waals surface area contributed by atoms with Crippen molar-refractivity contribution < 1.29 is 19.2 Å². The first-order valence-electron chi connectivity index (χ1n) is 8.22. The average Bonchev–Trinajstić information content (AvgIpc) is 2.65. The van der Waals surface area contributed by atoms with Gasteiger partial charge < -0.3 is 14.5 Å². The van der Waals surface area contributed by atoms with Gasteiger partial charge in [0, 0.05) is 35.5 Å². The van der Waals surface area contributed by atoms with Gasteiger partial charge in [0.15, 0.2) is 0 Å². The molecular formula is C19H16N2O6. The second kappa shape index (κ2) is 8.13. The van der Waals surface area contributed by atoms with Crippen LogP contribution in [0.5, 0.6) is 11.5 Å². The lowest BCUT2D eigenvalue weighted by Gasteiger charge is -2.07. The Bertz CT molecular complexity index is 1030. The van der Waals surface area contributed by atoms with Crippen LogP contribution < -0.4 is 15.0 Å². The fourth-order valence-corrected chi connectivity index (χ4v) is 2.45. The van der Waals surface area contributed by atoms with Crippen molar-refractivity contribution in [2.24, 2.45) is 0 Å². The van der Waals surface area contributed by atoms with Crippen LogP contribution in [0.2, 0.25) is 0 Å². The maximum Gasteiger partial charge on any atom is 0.311 e. The molecule has 0 aliphatic carbocycles. The molecular weight excluding hydrogens is 352 g/mol. The van der Waals surface area contributed by atoms with Crippen molar-refractivity contribution in [1.82, 2.24) is 4.98 Å². The SMILES string of the molecule is O=C(CCCOc1ccc2[nH]c(=O)ccc2c1)Oc1ccc([N+](=O)[O-])cc1. The number of aromatic amines is 1. The van der Waals surface area contributed by atoms with Crippen molar-refractivity contribution in [3.63, 3.8) is 0 Å². The van der Waals surface area contributed by atoms with Gasteiger partial charge in [-0.2, -0.15) is 0 Å². The molecule has 0 bridgehead atoms. The van der Waals surface area contributed by atoms with E-state index in [0.717, 1.165) is 10.9 Å². The highest BCUT2D eigenvalue weighted by atomic mass is 16.6. The summed E-state index contributed by atoms with van der Waals surface area (Å²) >= 11 is 0. The molecule has 0 saturated heterocycles. The van der Waals surface area contributed by atoms with Crippen LogP contribution in [-0.2, 0) is 4.79 Å². The summed E-state index contributed by atoms with van der Waals surface area (Å²) in [5.74, 6) is 0.455. The third-order valence-corrected chi connectivity index (χ3v) is 3.77. The van der Waals surface area contributed by atoms with Crippen LogP contribution in [-0.4, -0.2) is 22.5 Å². The Morgan fingerprint density at radius 1 is 1.04 bits per heavy atom. The molecule has 8 heteroatoms.